The van der Waals surface area contributed by atoms with Crippen molar-refractivity contribution < 1.29 is 22.8 Å². The second-order valence-electron chi connectivity index (χ2n) is 12.0. The Morgan fingerprint density at radius 2 is 1.48 bits per heavy atom. The lowest BCUT2D eigenvalue weighted by Gasteiger charge is -2.31. The number of hydrogen-bond donors (Lipinski definition) is 0. The number of amides is 2. The summed E-state index contributed by atoms with van der Waals surface area (Å²) in [7, 11) is 0. The van der Waals surface area contributed by atoms with Crippen molar-refractivity contribution >= 4 is 23.2 Å². The molecular weight excluding hydrogens is 559 g/mol. The zero-order valence-electron chi connectivity index (χ0n) is 23.6. The number of carbonyl (C=O) groups is 2. The summed E-state index contributed by atoms with van der Waals surface area (Å²) >= 11 is 1.54. The quantitative estimate of drug-likeness (QED) is 0.301. The van der Waals surface area contributed by atoms with Crippen LogP contribution in [0.15, 0.2) is 53.9 Å². The van der Waals surface area contributed by atoms with E-state index in [0.717, 1.165) is 55.4 Å². The Hall–Kier alpha value is -3.20. The number of likely N-dealkylation sites (tertiary alicyclic amines) is 2. The van der Waals surface area contributed by atoms with Crippen LogP contribution in [0.2, 0.25) is 0 Å². The van der Waals surface area contributed by atoms with Gasteiger partial charge in [-0.3, -0.25) is 9.59 Å². The smallest absolute Gasteiger partial charge is 0.339 e. The van der Waals surface area contributed by atoms with E-state index in [4.69, 9.17) is 4.98 Å². The molecule has 2 amide bonds. The van der Waals surface area contributed by atoms with E-state index >= 15 is 0 Å². The molecule has 2 aromatic carbocycles. The minimum atomic E-state index is -4.41. The number of nitrogens with zero attached hydrogens (tertiary/aromatic N) is 3. The highest BCUT2D eigenvalue weighted by Gasteiger charge is 2.34. The molecule has 1 aromatic heterocycles. The molecule has 0 N–H and O–H groups in total. The van der Waals surface area contributed by atoms with Gasteiger partial charge in [0.05, 0.1) is 10.6 Å². The number of benzene rings is 2. The average Bonchev–Trinajstić information content (AvgIpc) is 3.72. The van der Waals surface area contributed by atoms with Gasteiger partial charge >= 0.3 is 6.18 Å². The SMILES string of the molecule is O=C(c1csc(C2CCN(C(=O)c3ccccc3-c3ccc(C(F)(F)F)cc3)CC2)n1)N1CCC(C2CCCCC2)C1. The van der Waals surface area contributed by atoms with Gasteiger partial charge in [-0.2, -0.15) is 13.2 Å². The van der Waals surface area contributed by atoms with Crippen molar-refractivity contribution in [1.82, 2.24) is 14.8 Å². The fourth-order valence-electron chi connectivity index (χ4n) is 6.96. The van der Waals surface area contributed by atoms with E-state index in [1.807, 2.05) is 15.2 Å². The molecule has 222 valence electrons. The Morgan fingerprint density at radius 1 is 0.786 bits per heavy atom. The normalized spacial score (nSPS) is 20.7. The third-order valence-corrected chi connectivity index (χ3v) is 10.4. The number of alkyl halides is 3. The highest BCUT2D eigenvalue weighted by Crippen LogP contribution is 2.37. The second kappa shape index (κ2) is 12.2. The van der Waals surface area contributed by atoms with E-state index in [1.165, 1.54) is 55.6 Å². The first-order valence-corrected chi connectivity index (χ1v) is 16.0. The number of rotatable bonds is 5. The molecule has 1 aliphatic carbocycles. The van der Waals surface area contributed by atoms with Crippen molar-refractivity contribution in [2.75, 3.05) is 26.2 Å². The largest absolute Gasteiger partial charge is 0.416 e. The average molecular weight is 596 g/mol. The fourth-order valence-corrected chi connectivity index (χ4v) is 7.92. The van der Waals surface area contributed by atoms with Gasteiger partial charge in [0.15, 0.2) is 0 Å². The maximum atomic E-state index is 13.5. The molecule has 9 heteroatoms. The Morgan fingerprint density at radius 3 is 2.19 bits per heavy atom. The Labute approximate surface area is 248 Å². The standard InChI is InChI=1S/C33H36F3N3O2S/c34-33(35,36)26-12-10-23(11-13-26)27-8-4-5-9-28(27)31(40)38-17-14-24(15-18-38)30-37-29(21-42-30)32(41)39-19-16-25(20-39)22-6-2-1-3-7-22/h4-5,8-13,21-22,24-25H,1-3,6-7,14-20H2. The molecule has 3 aromatic rings. The topological polar surface area (TPSA) is 53.5 Å². The lowest BCUT2D eigenvalue weighted by molar-refractivity contribution is -0.137. The first kappa shape index (κ1) is 28.9. The van der Waals surface area contributed by atoms with Crippen molar-refractivity contribution in [2.24, 2.45) is 11.8 Å². The number of halogens is 3. The molecule has 5 nitrogen and oxygen atoms in total. The number of aromatic nitrogens is 1. The lowest BCUT2D eigenvalue weighted by atomic mass is 9.80. The Kier molecular flexibility index (Phi) is 8.39. The first-order valence-electron chi connectivity index (χ1n) is 15.1. The third kappa shape index (κ3) is 6.12. The van der Waals surface area contributed by atoms with Crippen molar-refractivity contribution in [1.29, 1.82) is 0 Å². The summed E-state index contributed by atoms with van der Waals surface area (Å²) in [4.78, 5) is 35.3. The molecule has 0 bridgehead atoms. The number of hydrogen-bond acceptors (Lipinski definition) is 4. The van der Waals surface area contributed by atoms with Gasteiger partial charge in [0.25, 0.3) is 11.8 Å². The van der Waals surface area contributed by atoms with Crippen LogP contribution in [-0.2, 0) is 6.18 Å². The van der Waals surface area contributed by atoms with E-state index in [1.54, 1.807) is 24.3 Å². The number of piperidine rings is 1. The van der Waals surface area contributed by atoms with Crippen LogP contribution >= 0.6 is 11.3 Å². The summed E-state index contributed by atoms with van der Waals surface area (Å²) in [6.07, 6.45) is 4.78. The number of carbonyl (C=O) groups excluding carboxylic acids is 2. The van der Waals surface area contributed by atoms with Crippen molar-refractivity contribution in [3.8, 4) is 11.1 Å². The summed E-state index contributed by atoms with van der Waals surface area (Å²) in [5, 5.41) is 2.85. The molecule has 42 heavy (non-hydrogen) atoms. The van der Waals surface area contributed by atoms with Gasteiger partial charge < -0.3 is 9.80 Å². The van der Waals surface area contributed by atoms with Gasteiger partial charge in [-0.05, 0) is 60.4 Å². The van der Waals surface area contributed by atoms with Crippen LogP contribution in [0.3, 0.4) is 0 Å². The predicted octanol–water partition coefficient (Wildman–Crippen LogP) is 7.89. The molecule has 3 fully saturated rings. The van der Waals surface area contributed by atoms with Gasteiger partial charge in [-0.25, -0.2) is 4.98 Å². The van der Waals surface area contributed by atoms with E-state index in [2.05, 4.69) is 0 Å². The van der Waals surface area contributed by atoms with Gasteiger partial charge in [-0.15, -0.1) is 11.3 Å². The summed E-state index contributed by atoms with van der Waals surface area (Å²) in [5.41, 5.74) is 1.51. The maximum Gasteiger partial charge on any atom is 0.416 e. The summed E-state index contributed by atoms with van der Waals surface area (Å²) in [6, 6.07) is 12.0. The zero-order valence-corrected chi connectivity index (χ0v) is 24.4. The molecule has 1 saturated carbocycles. The lowest BCUT2D eigenvalue weighted by Crippen LogP contribution is -2.38. The van der Waals surface area contributed by atoms with Gasteiger partial charge in [-0.1, -0.05) is 62.4 Å². The molecule has 3 heterocycles. The molecule has 1 atom stereocenters. The van der Waals surface area contributed by atoms with E-state index in [9.17, 15) is 22.8 Å². The summed E-state index contributed by atoms with van der Waals surface area (Å²) in [6.45, 7) is 2.79. The van der Waals surface area contributed by atoms with Crippen molar-refractivity contribution in [2.45, 2.75) is 63.5 Å². The molecule has 3 aliphatic rings. The summed E-state index contributed by atoms with van der Waals surface area (Å²) < 4.78 is 39.1. The van der Waals surface area contributed by atoms with Crippen LogP contribution in [0.5, 0.6) is 0 Å². The van der Waals surface area contributed by atoms with Gasteiger partial charge in [0, 0.05) is 43.0 Å². The third-order valence-electron chi connectivity index (χ3n) is 9.38. The van der Waals surface area contributed by atoms with Gasteiger partial charge in [0.1, 0.15) is 5.69 Å². The maximum absolute atomic E-state index is 13.5. The Balaban J connectivity index is 1.06. The van der Waals surface area contributed by atoms with Crippen LogP contribution in [0.1, 0.15) is 88.7 Å². The zero-order chi connectivity index (χ0) is 29.3. The highest BCUT2D eigenvalue weighted by atomic mass is 32.1. The molecule has 0 spiro atoms. The van der Waals surface area contributed by atoms with E-state index in [0.29, 0.717) is 41.4 Å². The minimum Gasteiger partial charge on any atom is -0.339 e. The van der Waals surface area contributed by atoms with Crippen molar-refractivity contribution in [3.63, 3.8) is 0 Å². The molecule has 0 radical (unpaired) electrons. The fraction of sp³-hybridized carbons (Fsp3) is 0.485. The monoisotopic (exact) mass is 595 g/mol. The van der Waals surface area contributed by atoms with Crippen LogP contribution in [0.4, 0.5) is 13.2 Å². The van der Waals surface area contributed by atoms with Crippen LogP contribution in [0.25, 0.3) is 11.1 Å². The molecule has 2 aliphatic heterocycles. The molecule has 1 unspecified atom stereocenters. The van der Waals surface area contributed by atoms with Crippen molar-refractivity contribution in [3.05, 3.63) is 75.7 Å². The van der Waals surface area contributed by atoms with Crippen LogP contribution in [0, 0.1) is 11.8 Å². The Bertz CT molecular complexity index is 1410. The second-order valence-corrected chi connectivity index (χ2v) is 12.8. The molecule has 6 rings (SSSR count). The first-order chi connectivity index (χ1) is 20.3. The number of thiazole rings is 1. The molecular formula is C33H36F3N3O2S. The van der Waals surface area contributed by atoms with Gasteiger partial charge in [0.2, 0.25) is 0 Å². The van der Waals surface area contributed by atoms with Crippen LogP contribution in [-0.4, -0.2) is 52.8 Å². The van der Waals surface area contributed by atoms with E-state index in [-0.39, 0.29) is 17.7 Å². The van der Waals surface area contributed by atoms with E-state index < -0.39 is 11.7 Å². The highest BCUT2D eigenvalue weighted by molar-refractivity contribution is 7.09. The summed E-state index contributed by atoms with van der Waals surface area (Å²) in [5.74, 6) is 1.50. The minimum absolute atomic E-state index is 0.0447. The van der Waals surface area contributed by atoms with Crippen LogP contribution < -0.4 is 0 Å². The predicted molar refractivity (Wildman–Crippen MR) is 157 cm³/mol. The molecule has 2 saturated heterocycles.